The van der Waals surface area contributed by atoms with Crippen LogP contribution in [0, 0.1) is 0 Å². The molecule has 0 aliphatic heterocycles. The monoisotopic (exact) mass is 376 g/mol. The zero-order valence-electron chi connectivity index (χ0n) is 15.6. The van der Waals surface area contributed by atoms with Crippen LogP contribution in [-0.2, 0) is 11.2 Å². The Hall–Kier alpha value is -3.47. The third-order valence-electron chi connectivity index (χ3n) is 4.10. The lowest BCUT2D eigenvalue weighted by atomic mass is 10.1. The highest BCUT2D eigenvalue weighted by Crippen LogP contribution is 2.18. The number of rotatable bonds is 9. The molecule has 0 aliphatic carbocycles. The van der Waals surface area contributed by atoms with Gasteiger partial charge in [0.25, 0.3) is 0 Å². The molecule has 0 aliphatic rings. The van der Waals surface area contributed by atoms with Crippen LogP contribution >= 0.6 is 0 Å². The highest BCUT2D eigenvalue weighted by atomic mass is 16.5. The maximum atomic E-state index is 12.2. The molecule has 0 bridgehead atoms. The fraction of sp³-hybridized carbons (Fsp3) is 0.174. The third-order valence-corrected chi connectivity index (χ3v) is 4.10. The number of amides is 1. The molecular formula is C23H24N2O3. The number of para-hydroxylation sites is 1. The minimum absolute atomic E-state index is 0.0404. The van der Waals surface area contributed by atoms with E-state index in [1.54, 1.807) is 0 Å². The largest absolute Gasteiger partial charge is 0.490 e. The molecule has 0 heterocycles. The van der Waals surface area contributed by atoms with Crippen molar-refractivity contribution in [3.05, 3.63) is 84.4 Å². The lowest BCUT2D eigenvalue weighted by Crippen LogP contribution is -2.13. The molecule has 0 spiro atoms. The smallest absolute Gasteiger partial charge is 0.224 e. The Balaban J connectivity index is 1.42. The Morgan fingerprint density at radius 1 is 0.821 bits per heavy atom. The summed E-state index contributed by atoms with van der Waals surface area (Å²) in [7, 11) is 0. The van der Waals surface area contributed by atoms with Crippen molar-refractivity contribution in [2.75, 3.05) is 24.3 Å². The Morgan fingerprint density at radius 3 is 2.25 bits per heavy atom. The molecular weight excluding hydrogens is 352 g/mol. The van der Waals surface area contributed by atoms with Gasteiger partial charge in [-0.1, -0.05) is 36.4 Å². The number of ether oxygens (including phenoxy) is 2. The van der Waals surface area contributed by atoms with Crippen LogP contribution in [0.2, 0.25) is 0 Å². The van der Waals surface area contributed by atoms with E-state index in [2.05, 4.69) is 5.32 Å². The summed E-state index contributed by atoms with van der Waals surface area (Å²) in [6.45, 7) is 0.867. The molecule has 0 unspecified atom stereocenters. The first-order valence-corrected chi connectivity index (χ1v) is 9.24. The number of hydrogen-bond acceptors (Lipinski definition) is 4. The zero-order chi connectivity index (χ0) is 19.6. The number of benzene rings is 3. The van der Waals surface area contributed by atoms with E-state index < -0.39 is 0 Å². The van der Waals surface area contributed by atoms with Crippen LogP contribution in [0.5, 0.6) is 11.5 Å². The van der Waals surface area contributed by atoms with E-state index in [0.717, 1.165) is 17.0 Å². The average molecular weight is 376 g/mol. The molecule has 0 aromatic heterocycles. The highest BCUT2D eigenvalue weighted by Gasteiger charge is 2.05. The van der Waals surface area contributed by atoms with Crippen molar-refractivity contribution in [2.45, 2.75) is 12.8 Å². The van der Waals surface area contributed by atoms with E-state index in [9.17, 15) is 4.79 Å². The summed E-state index contributed by atoms with van der Waals surface area (Å²) in [6.07, 6.45) is 1.07. The second-order valence-corrected chi connectivity index (χ2v) is 6.33. The molecule has 0 fully saturated rings. The topological polar surface area (TPSA) is 73.6 Å². The van der Waals surface area contributed by atoms with Gasteiger partial charge in [0, 0.05) is 23.9 Å². The van der Waals surface area contributed by atoms with Gasteiger partial charge in [0.1, 0.15) is 24.7 Å². The van der Waals surface area contributed by atoms with E-state index in [0.29, 0.717) is 37.5 Å². The van der Waals surface area contributed by atoms with Gasteiger partial charge in [-0.2, -0.15) is 0 Å². The van der Waals surface area contributed by atoms with Crippen LogP contribution in [0.25, 0.3) is 0 Å². The number of nitrogens with one attached hydrogen (secondary N) is 1. The van der Waals surface area contributed by atoms with Gasteiger partial charge >= 0.3 is 0 Å². The number of aryl methyl sites for hydroxylation is 1. The SMILES string of the molecule is Nc1ccc(CCC(=O)Nc2cccc(OCCOc3ccccc3)c2)cc1. The van der Waals surface area contributed by atoms with Crippen molar-refractivity contribution in [3.63, 3.8) is 0 Å². The Morgan fingerprint density at radius 2 is 1.50 bits per heavy atom. The predicted octanol–water partition coefficient (Wildman–Crippen LogP) is 4.30. The maximum absolute atomic E-state index is 12.2. The van der Waals surface area contributed by atoms with Crippen LogP contribution in [-0.4, -0.2) is 19.1 Å². The van der Waals surface area contributed by atoms with Gasteiger partial charge in [-0.25, -0.2) is 0 Å². The van der Waals surface area contributed by atoms with Crippen molar-refractivity contribution in [3.8, 4) is 11.5 Å². The molecule has 3 N–H and O–H groups in total. The van der Waals surface area contributed by atoms with Crippen molar-refractivity contribution >= 4 is 17.3 Å². The van der Waals surface area contributed by atoms with Crippen molar-refractivity contribution in [1.82, 2.24) is 0 Å². The van der Waals surface area contributed by atoms with Crippen molar-refractivity contribution in [2.24, 2.45) is 0 Å². The van der Waals surface area contributed by atoms with Crippen LogP contribution in [0.3, 0.4) is 0 Å². The number of anilines is 2. The van der Waals surface area contributed by atoms with Crippen molar-refractivity contribution in [1.29, 1.82) is 0 Å². The maximum Gasteiger partial charge on any atom is 0.224 e. The standard InChI is InChI=1S/C23H24N2O3/c24-19-12-9-18(10-13-19)11-14-23(26)25-20-5-4-8-22(17-20)28-16-15-27-21-6-2-1-3-7-21/h1-10,12-13,17H,11,14-16,24H2,(H,25,26). The molecule has 0 radical (unpaired) electrons. The average Bonchev–Trinajstić information content (AvgIpc) is 2.72. The van der Waals surface area contributed by atoms with Gasteiger partial charge < -0.3 is 20.5 Å². The molecule has 28 heavy (non-hydrogen) atoms. The van der Waals surface area contributed by atoms with E-state index in [4.69, 9.17) is 15.2 Å². The first kappa shape index (κ1) is 19.3. The van der Waals surface area contributed by atoms with Crippen molar-refractivity contribution < 1.29 is 14.3 Å². The van der Waals surface area contributed by atoms with Crippen LogP contribution in [0.15, 0.2) is 78.9 Å². The summed E-state index contributed by atoms with van der Waals surface area (Å²) in [6, 6.07) is 24.5. The quantitative estimate of drug-likeness (QED) is 0.431. The van der Waals surface area contributed by atoms with Gasteiger partial charge in [-0.3, -0.25) is 4.79 Å². The first-order valence-electron chi connectivity index (χ1n) is 9.24. The Labute approximate surface area is 165 Å². The summed E-state index contributed by atoms with van der Waals surface area (Å²) in [5.41, 5.74) is 8.19. The minimum Gasteiger partial charge on any atom is -0.490 e. The number of nitrogen functional groups attached to an aromatic ring is 1. The number of nitrogens with two attached hydrogens (primary N) is 1. The minimum atomic E-state index is -0.0404. The first-order chi connectivity index (χ1) is 13.7. The van der Waals surface area contributed by atoms with Crippen LogP contribution < -0.4 is 20.5 Å². The summed E-state index contributed by atoms with van der Waals surface area (Å²) < 4.78 is 11.3. The van der Waals surface area contributed by atoms with Gasteiger partial charge in [-0.05, 0) is 48.4 Å². The summed E-state index contributed by atoms with van der Waals surface area (Å²) >= 11 is 0. The molecule has 3 aromatic rings. The lowest BCUT2D eigenvalue weighted by Gasteiger charge is -2.10. The van der Waals surface area contributed by atoms with E-state index in [-0.39, 0.29) is 5.91 Å². The number of carbonyl (C=O) groups is 1. The molecule has 1 amide bonds. The molecule has 0 saturated heterocycles. The molecule has 5 nitrogen and oxygen atoms in total. The summed E-state index contributed by atoms with van der Waals surface area (Å²) in [5.74, 6) is 1.46. The van der Waals surface area contributed by atoms with E-state index >= 15 is 0 Å². The fourth-order valence-electron chi connectivity index (χ4n) is 2.67. The summed E-state index contributed by atoms with van der Waals surface area (Å²) in [4.78, 5) is 12.2. The molecule has 0 atom stereocenters. The van der Waals surface area contributed by atoms with Gasteiger partial charge in [0.2, 0.25) is 5.91 Å². The fourth-order valence-corrected chi connectivity index (χ4v) is 2.67. The third kappa shape index (κ3) is 6.36. The van der Waals surface area contributed by atoms with E-state index in [1.165, 1.54) is 0 Å². The van der Waals surface area contributed by atoms with Gasteiger partial charge in [-0.15, -0.1) is 0 Å². The molecule has 0 saturated carbocycles. The summed E-state index contributed by atoms with van der Waals surface area (Å²) in [5, 5.41) is 2.91. The Bertz CT molecular complexity index is 880. The van der Waals surface area contributed by atoms with E-state index in [1.807, 2.05) is 78.9 Å². The number of hydrogen-bond donors (Lipinski definition) is 2. The Kier molecular flexibility index (Phi) is 6.90. The molecule has 3 aromatic carbocycles. The predicted molar refractivity (Wildman–Crippen MR) is 112 cm³/mol. The number of carbonyl (C=O) groups excluding carboxylic acids is 1. The van der Waals surface area contributed by atoms with Gasteiger partial charge in [0.15, 0.2) is 0 Å². The molecule has 5 heteroatoms. The van der Waals surface area contributed by atoms with Gasteiger partial charge in [0.05, 0.1) is 0 Å². The lowest BCUT2D eigenvalue weighted by molar-refractivity contribution is -0.116. The van der Waals surface area contributed by atoms with Crippen LogP contribution in [0.1, 0.15) is 12.0 Å². The van der Waals surface area contributed by atoms with Crippen LogP contribution in [0.4, 0.5) is 11.4 Å². The highest BCUT2D eigenvalue weighted by molar-refractivity contribution is 5.91. The zero-order valence-corrected chi connectivity index (χ0v) is 15.6. The second-order valence-electron chi connectivity index (χ2n) is 6.33. The molecule has 3 rings (SSSR count). The second kappa shape index (κ2) is 10.0. The molecule has 144 valence electrons. The normalized spacial score (nSPS) is 10.3.